The van der Waals surface area contributed by atoms with Crippen LogP contribution in [0.25, 0.3) is 0 Å². The van der Waals surface area contributed by atoms with Gasteiger partial charge in [-0.15, -0.1) is 0 Å². The van der Waals surface area contributed by atoms with Gasteiger partial charge in [-0.05, 0) is 31.0 Å². The highest BCUT2D eigenvalue weighted by molar-refractivity contribution is 6.32. The minimum absolute atomic E-state index is 0.815. The third-order valence-electron chi connectivity index (χ3n) is 3.01. The monoisotopic (exact) mass is 247 g/mol. The predicted molar refractivity (Wildman–Crippen MR) is 84.2 cm³/mol. The summed E-state index contributed by atoms with van der Waals surface area (Å²) in [7, 11) is 5.67. The Morgan fingerprint density at radius 3 is 2.42 bits per heavy atom. The zero-order chi connectivity index (χ0) is 13.5. The van der Waals surface area contributed by atoms with Gasteiger partial charge in [-0.25, -0.2) is 0 Å². The number of para-hydroxylation sites is 1. The van der Waals surface area contributed by atoms with Crippen molar-refractivity contribution in [3.05, 3.63) is 71.8 Å². The highest BCUT2D eigenvalue weighted by atomic mass is 14.9. The first-order chi connectivity index (χ1) is 9.24. The third kappa shape index (κ3) is 4.67. The fourth-order valence-electron chi connectivity index (χ4n) is 1.82. The van der Waals surface area contributed by atoms with Crippen LogP contribution in [0.4, 0.5) is 5.69 Å². The molecule has 0 saturated carbocycles. The van der Waals surface area contributed by atoms with Crippen molar-refractivity contribution in [2.75, 3.05) is 11.9 Å². The van der Waals surface area contributed by atoms with Crippen molar-refractivity contribution in [2.45, 2.75) is 13.3 Å². The number of hydrogen-bond donors (Lipinski definition) is 1. The van der Waals surface area contributed by atoms with E-state index in [2.05, 4.69) is 42.6 Å². The van der Waals surface area contributed by atoms with E-state index in [1.54, 1.807) is 0 Å². The number of rotatable bonds is 5. The summed E-state index contributed by atoms with van der Waals surface area (Å²) >= 11 is 0. The van der Waals surface area contributed by atoms with E-state index >= 15 is 0 Å². The van der Waals surface area contributed by atoms with Crippen molar-refractivity contribution in [3.8, 4) is 0 Å². The van der Waals surface area contributed by atoms with E-state index in [4.69, 9.17) is 7.85 Å². The number of benzene rings is 2. The van der Waals surface area contributed by atoms with Gasteiger partial charge in [0.05, 0.1) is 0 Å². The lowest BCUT2D eigenvalue weighted by atomic mass is 9.94. The largest absolute Gasteiger partial charge is 0.381 e. The number of hydrogen-bond acceptors (Lipinski definition) is 1. The molecule has 0 aromatic heterocycles. The van der Waals surface area contributed by atoms with Crippen molar-refractivity contribution in [1.29, 1.82) is 0 Å². The molecule has 0 spiro atoms. The summed E-state index contributed by atoms with van der Waals surface area (Å²) in [6, 6.07) is 18.3. The van der Waals surface area contributed by atoms with E-state index < -0.39 is 0 Å². The molecule has 2 radical (unpaired) electrons. The van der Waals surface area contributed by atoms with Crippen LogP contribution in [0.2, 0.25) is 0 Å². The minimum Gasteiger partial charge on any atom is -0.381 e. The molecule has 94 valence electrons. The summed E-state index contributed by atoms with van der Waals surface area (Å²) in [5, 5.41) is 3.40. The molecule has 0 bridgehead atoms. The molecule has 0 heterocycles. The molecule has 2 heteroatoms. The third-order valence-corrected chi connectivity index (χ3v) is 3.01. The average molecular weight is 247 g/mol. The van der Waals surface area contributed by atoms with Gasteiger partial charge in [0.2, 0.25) is 0 Å². The average Bonchev–Trinajstić information content (AvgIpc) is 2.45. The zero-order valence-electron chi connectivity index (χ0n) is 11.3. The summed E-state index contributed by atoms with van der Waals surface area (Å²) in [6.45, 7) is 3.02. The Kier molecular flexibility index (Phi) is 4.85. The first-order valence-corrected chi connectivity index (χ1v) is 6.53. The van der Waals surface area contributed by atoms with Crippen LogP contribution in [0, 0.1) is 0 Å². The molecule has 0 saturated heterocycles. The summed E-state index contributed by atoms with van der Waals surface area (Å²) in [5.41, 5.74) is 4.59. The molecule has 0 atom stereocenters. The number of allylic oxidation sites excluding steroid dienone is 1. The van der Waals surface area contributed by atoms with E-state index in [0.717, 1.165) is 24.1 Å². The molecular formula is C17H18BN. The molecule has 19 heavy (non-hydrogen) atoms. The second-order valence-electron chi connectivity index (χ2n) is 4.72. The molecule has 0 aliphatic rings. The smallest absolute Gasteiger partial charge is 0.113 e. The second-order valence-corrected chi connectivity index (χ2v) is 4.72. The van der Waals surface area contributed by atoms with Crippen LogP contribution in [0.15, 0.2) is 66.2 Å². The van der Waals surface area contributed by atoms with Gasteiger partial charge in [0.25, 0.3) is 0 Å². The van der Waals surface area contributed by atoms with Crippen LogP contribution in [-0.4, -0.2) is 14.4 Å². The molecule has 2 rings (SSSR count). The van der Waals surface area contributed by atoms with E-state index in [0.29, 0.717) is 0 Å². The minimum atomic E-state index is 0.815. The van der Waals surface area contributed by atoms with Crippen LogP contribution in [-0.2, 0) is 6.42 Å². The topological polar surface area (TPSA) is 12.0 Å². The molecule has 0 unspecified atom stereocenters. The van der Waals surface area contributed by atoms with Crippen molar-refractivity contribution in [3.63, 3.8) is 0 Å². The van der Waals surface area contributed by atoms with Gasteiger partial charge in [0, 0.05) is 12.2 Å². The number of nitrogens with one attached hydrogen (secondary N) is 1. The predicted octanol–water partition coefficient (Wildman–Crippen LogP) is 3.08. The van der Waals surface area contributed by atoms with E-state index in [9.17, 15) is 0 Å². The van der Waals surface area contributed by atoms with Gasteiger partial charge in [-0.1, -0.05) is 59.6 Å². The van der Waals surface area contributed by atoms with Crippen LogP contribution in [0.1, 0.15) is 12.5 Å². The van der Waals surface area contributed by atoms with Crippen molar-refractivity contribution >= 4 is 19.0 Å². The second kappa shape index (κ2) is 6.84. The van der Waals surface area contributed by atoms with E-state index in [1.807, 2.05) is 30.3 Å². The highest BCUT2D eigenvalue weighted by Gasteiger charge is 1.93. The maximum atomic E-state index is 5.67. The molecule has 1 nitrogen and oxygen atoms in total. The molecule has 2 aromatic rings. The number of anilines is 1. The van der Waals surface area contributed by atoms with Gasteiger partial charge in [-0.2, -0.15) is 0 Å². The lowest BCUT2D eigenvalue weighted by Crippen LogP contribution is -2.03. The SMILES string of the molecule is [B]c1ccc(C/C=C(/C)CNc2ccccc2)cc1. The lowest BCUT2D eigenvalue weighted by molar-refractivity contribution is 1.15. The van der Waals surface area contributed by atoms with Crippen molar-refractivity contribution < 1.29 is 0 Å². The Labute approximate surface area is 116 Å². The molecule has 0 aliphatic heterocycles. The molecule has 0 fully saturated rings. The zero-order valence-corrected chi connectivity index (χ0v) is 11.3. The Morgan fingerprint density at radius 1 is 1.05 bits per heavy atom. The summed E-state index contributed by atoms with van der Waals surface area (Å²) < 4.78 is 0. The molecular weight excluding hydrogens is 229 g/mol. The first kappa shape index (κ1) is 13.5. The molecule has 2 aromatic carbocycles. The fraction of sp³-hybridized carbons (Fsp3) is 0.176. The Bertz CT molecular complexity index is 529. The lowest BCUT2D eigenvalue weighted by Gasteiger charge is -2.06. The van der Waals surface area contributed by atoms with Gasteiger partial charge in [0.1, 0.15) is 7.85 Å². The molecule has 0 aliphatic carbocycles. The Hall–Kier alpha value is -1.96. The van der Waals surface area contributed by atoms with Crippen LogP contribution < -0.4 is 10.8 Å². The summed E-state index contributed by atoms with van der Waals surface area (Å²) in [6.07, 6.45) is 3.20. The highest BCUT2D eigenvalue weighted by Crippen LogP contribution is 2.07. The van der Waals surface area contributed by atoms with Gasteiger partial charge in [-0.3, -0.25) is 0 Å². The quantitative estimate of drug-likeness (QED) is 0.632. The fourth-order valence-corrected chi connectivity index (χ4v) is 1.82. The first-order valence-electron chi connectivity index (χ1n) is 6.53. The van der Waals surface area contributed by atoms with Crippen LogP contribution in [0.5, 0.6) is 0 Å². The summed E-state index contributed by atoms with van der Waals surface area (Å²) in [5.74, 6) is 0. The molecule has 0 amide bonds. The Balaban J connectivity index is 1.84. The normalized spacial score (nSPS) is 11.3. The van der Waals surface area contributed by atoms with Crippen LogP contribution in [0.3, 0.4) is 0 Å². The van der Waals surface area contributed by atoms with Crippen LogP contribution >= 0.6 is 0 Å². The molecule has 1 N–H and O–H groups in total. The van der Waals surface area contributed by atoms with E-state index in [-0.39, 0.29) is 0 Å². The van der Waals surface area contributed by atoms with Gasteiger partial charge < -0.3 is 5.32 Å². The van der Waals surface area contributed by atoms with Crippen molar-refractivity contribution in [1.82, 2.24) is 0 Å². The van der Waals surface area contributed by atoms with Gasteiger partial charge >= 0.3 is 0 Å². The van der Waals surface area contributed by atoms with Gasteiger partial charge in [0.15, 0.2) is 0 Å². The van der Waals surface area contributed by atoms with E-state index in [1.165, 1.54) is 11.1 Å². The maximum Gasteiger partial charge on any atom is 0.113 e. The standard InChI is InChI=1S/C17H18BN/c1-14(13-19-17-5-3-2-4-6-17)7-8-15-9-11-16(18)12-10-15/h2-7,9-12,19H,8,13H2,1H3/b14-7-. The Morgan fingerprint density at radius 2 is 1.74 bits per heavy atom. The summed E-state index contributed by atoms with van der Waals surface area (Å²) in [4.78, 5) is 0. The maximum absolute atomic E-state index is 5.67. The van der Waals surface area contributed by atoms with Crippen molar-refractivity contribution in [2.24, 2.45) is 0 Å².